The summed E-state index contributed by atoms with van der Waals surface area (Å²) in [6.45, 7) is 0.577. The van der Waals surface area contributed by atoms with E-state index >= 15 is 0 Å². The van der Waals surface area contributed by atoms with Gasteiger partial charge in [0.15, 0.2) is 5.69 Å². The van der Waals surface area contributed by atoms with Gasteiger partial charge in [-0.2, -0.15) is 0 Å². The van der Waals surface area contributed by atoms with Crippen LogP contribution in [0.1, 0.15) is 23.3 Å². The smallest absolute Gasteiger partial charge is 0.358 e. The average Bonchev–Trinajstić information content (AvgIpc) is 3.15. The van der Waals surface area contributed by atoms with Crippen LogP contribution in [0.4, 0.5) is 0 Å². The fourth-order valence-electron chi connectivity index (χ4n) is 1.55. The van der Waals surface area contributed by atoms with Crippen LogP contribution in [0.3, 0.4) is 0 Å². The highest BCUT2D eigenvalue weighted by atomic mass is 16.4. The van der Waals surface area contributed by atoms with Gasteiger partial charge in [0.05, 0.1) is 6.20 Å². The quantitative estimate of drug-likeness (QED) is 0.529. The van der Waals surface area contributed by atoms with Gasteiger partial charge in [-0.1, -0.05) is 5.21 Å². The van der Waals surface area contributed by atoms with Gasteiger partial charge >= 0.3 is 5.97 Å². The molecule has 2 rings (SSSR count). The number of aromatic carboxylic acids is 1. The summed E-state index contributed by atoms with van der Waals surface area (Å²) in [5.74, 6) is -1.34. The molecule has 108 valence electrons. The van der Waals surface area contributed by atoms with Crippen molar-refractivity contribution in [1.29, 1.82) is 0 Å². The number of aromatic nitrogens is 3. The molecule has 0 aliphatic heterocycles. The second-order valence-electron chi connectivity index (χ2n) is 4.52. The van der Waals surface area contributed by atoms with Crippen molar-refractivity contribution in [3.05, 3.63) is 11.9 Å². The first-order valence-electron chi connectivity index (χ1n) is 6.24. The van der Waals surface area contributed by atoms with Gasteiger partial charge in [0.25, 0.3) is 0 Å². The number of nitrogens with zero attached hydrogens (tertiary/aromatic N) is 3. The van der Waals surface area contributed by atoms with E-state index in [0.717, 1.165) is 17.5 Å². The average molecular weight is 281 g/mol. The molecular weight excluding hydrogens is 266 g/mol. The van der Waals surface area contributed by atoms with Crippen molar-refractivity contribution in [2.75, 3.05) is 13.1 Å². The predicted octanol–water partition coefficient (Wildman–Crippen LogP) is -1.38. The van der Waals surface area contributed by atoms with Crippen LogP contribution in [-0.2, 0) is 16.1 Å². The van der Waals surface area contributed by atoms with Crippen LogP contribution in [-0.4, -0.2) is 51.0 Å². The minimum atomic E-state index is -1.19. The molecule has 0 bridgehead atoms. The molecule has 1 aromatic heterocycles. The number of rotatable bonds is 7. The van der Waals surface area contributed by atoms with E-state index in [-0.39, 0.29) is 30.0 Å². The molecule has 0 atom stereocenters. The first-order valence-corrected chi connectivity index (χ1v) is 6.24. The highest BCUT2D eigenvalue weighted by molar-refractivity contribution is 5.84. The normalized spacial score (nSPS) is 13.8. The molecule has 0 spiro atoms. The fourth-order valence-corrected chi connectivity index (χ4v) is 1.55. The molecule has 0 saturated heterocycles. The molecule has 2 amide bonds. The van der Waals surface area contributed by atoms with Gasteiger partial charge in [0.2, 0.25) is 11.8 Å². The van der Waals surface area contributed by atoms with Crippen molar-refractivity contribution in [2.45, 2.75) is 19.4 Å². The highest BCUT2D eigenvalue weighted by Gasteiger charge is 2.28. The largest absolute Gasteiger partial charge is 0.476 e. The molecule has 0 unspecified atom stereocenters. The van der Waals surface area contributed by atoms with Gasteiger partial charge in [0.1, 0.15) is 6.54 Å². The number of amides is 2. The fraction of sp³-hybridized carbons (Fsp3) is 0.545. The van der Waals surface area contributed by atoms with Crippen molar-refractivity contribution in [2.24, 2.45) is 5.92 Å². The van der Waals surface area contributed by atoms with E-state index in [1.54, 1.807) is 0 Å². The zero-order chi connectivity index (χ0) is 14.5. The third-order valence-electron chi connectivity index (χ3n) is 2.76. The molecule has 3 N–H and O–H groups in total. The molecular formula is C11H15N5O4. The van der Waals surface area contributed by atoms with Crippen LogP contribution in [0.2, 0.25) is 0 Å². The Morgan fingerprint density at radius 3 is 2.60 bits per heavy atom. The topological polar surface area (TPSA) is 126 Å². The van der Waals surface area contributed by atoms with E-state index in [4.69, 9.17) is 5.11 Å². The number of hydrogen-bond acceptors (Lipinski definition) is 5. The zero-order valence-corrected chi connectivity index (χ0v) is 10.7. The van der Waals surface area contributed by atoms with Crippen molar-refractivity contribution >= 4 is 17.8 Å². The SMILES string of the molecule is O=C(Cn1cc(C(=O)O)nn1)NCCNC(=O)C1CC1. The van der Waals surface area contributed by atoms with Crippen LogP contribution in [0.5, 0.6) is 0 Å². The monoisotopic (exact) mass is 281 g/mol. The number of carbonyl (C=O) groups excluding carboxylic acids is 2. The number of carboxylic acids is 1. The van der Waals surface area contributed by atoms with Gasteiger partial charge in [-0.3, -0.25) is 9.59 Å². The molecule has 1 heterocycles. The second-order valence-corrected chi connectivity index (χ2v) is 4.52. The minimum Gasteiger partial charge on any atom is -0.476 e. The molecule has 1 aromatic rings. The first-order chi connectivity index (χ1) is 9.56. The predicted molar refractivity (Wildman–Crippen MR) is 65.7 cm³/mol. The zero-order valence-electron chi connectivity index (χ0n) is 10.7. The Morgan fingerprint density at radius 2 is 2.00 bits per heavy atom. The lowest BCUT2D eigenvalue weighted by molar-refractivity contribution is -0.123. The van der Waals surface area contributed by atoms with Crippen molar-refractivity contribution in [3.63, 3.8) is 0 Å². The Kier molecular flexibility index (Phi) is 4.28. The summed E-state index contributed by atoms with van der Waals surface area (Å²) in [6, 6.07) is 0. The lowest BCUT2D eigenvalue weighted by atomic mass is 10.4. The molecule has 1 saturated carbocycles. The van der Waals surface area contributed by atoms with Gasteiger partial charge in [0, 0.05) is 19.0 Å². The molecule has 1 aliphatic rings. The van der Waals surface area contributed by atoms with Crippen molar-refractivity contribution in [3.8, 4) is 0 Å². The molecule has 0 aromatic carbocycles. The van der Waals surface area contributed by atoms with E-state index in [2.05, 4.69) is 20.9 Å². The molecule has 20 heavy (non-hydrogen) atoms. The van der Waals surface area contributed by atoms with Gasteiger partial charge < -0.3 is 15.7 Å². The van der Waals surface area contributed by atoms with Crippen LogP contribution >= 0.6 is 0 Å². The number of carboxylic acid groups (broad SMARTS) is 1. The maximum Gasteiger partial charge on any atom is 0.358 e. The minimum absolute atomic E-state index is 0.0293. The van der Waals surface area contributed by atoms with Crippen LogP contribution in [0.25, 0.3) is 0 Å². The summed E-state index contributed by atoms with van der Waals surface area (Å²) in [4.78, 5) is 33.4. The Labute approximate surface area is 114 Å². The molecule has 9 heteroatoms. The third-order valence-corrected chi connectivity index (χ3v) is 2.76. The van der Waals surface area contributed by atoms with Crippen LogP contribution in [0, 0.1) is 5.92 Å². The summed E-state index contributed by atoms with van der Waals surface area (Å²) < 4.78 is 1.14. The van der Waals surface area contributed by atoms with Crippen LogP contribution in [0.15, 0.2) is 6.20 Å². The van der Waals surface area contributed by atoms with Gasteiger partial charge in [-0.15, -0.1) is 5.10 Å². The van der Waals surface area contributed by atoms with Crippen LogP contribution < -0.4 is 10.6 Å². The summed E-state index contributed by atoms with van der Waals surface area (Å²) in [6.07, 6.45) is 3.06. The van der Waals surface area contributed by atoms with E-state index in [1.165, 1.54) is 6.20 Å². The lowest BCUT2D eigenvalue weighted by Crippen LogP contribution is -2.36. The number of nitrogens with one attached hydrogen (secondary N) is 2. The summed E-state index contributed by atoms with van der Waals surface area (Å²) in [5, 5.41) is 20.9. The standard InChI is InChI=1S/C11H15N5O4/c17-9(6-16-5-8(11(19)20)14-15-16)12-3-4-13-10(18)7-1-2-7/h5,7H,1-4,6H2,(H,12,17)(H,13,18)(H,19,20). The van der Waals surface area contributed by atoms with E-state index < -0.39 is 5.97 Å². The van der Waals surface area contributed by atoms with Crippen molar-refractivity contribution < 1.29 is 19.5 Å². The third kappa shape index (κ3) is 4.04. The number of carbonyl (C=O) groups is 3. The molecule has 9 nitrogen and oxygen atoms in total. The van der Waals surface area contributed by atoms with Crippen molar-refractivity contribution in [1.82, 2.24) is 25.6 Å². The van der Waals surface area contributed by atoms with E-state index in [9.17, 15) is 14.4 Å². The lowest BCUT2D eigenvalue weighted by Gasteiger charge is -2.06. The summed E-state index contributed by atoms with van der Waals surface area (Å²) in [5.41, 5.74) is -0.213. The Morgan fingerprint density at radius 1 is 1.30 bits per heavy atom. The first kappa shape index (κ1) is 14.0. The second kappa shape index (κ2) is 6.13. The maximum absolute atomic E-state index is 11.5. The van der Waals surface area contributed by atoms with E-state index in [1.807, 2.05) is 0 Å². The number of hydrogen-bond donors (Lipinski definition) is 3. The van der Waals surface area contributed by atoms with E-state index in [0.29, 0.717) is 13.1 Å². The Balaban J connectivity index is 1.64. The summed E-state index contributed by atoms with van der Waals surface area (Å²) in [7, 11) is 0. The Bertz CT molecular complexity index is 523. The summed E-state index contributed by atoms with van der Waals surface area (Å²) >= 11 is 0. The molecule has 1 fully saturated rings. The molecule has 1 aliphatic carbocycles. The Hall–Kier alpha value is -2.45. The highest BCUT2D eigenvalue weighted by Crippen LogP contribution is 2.28. The van der Waals surface area contributed by atoms with Gasteiger partial charge in [-0.25, -0.2) is 9.48 Å². The maximum atomic E-state index is 11.5. The van der Waals surface area contributed by atoms with Gasteiger partial charge in [-0.05, 0) is 12.8 Å². The molecule has 0 radical (unpaired) electrons.